The zero-order valence-corrected chi connectivity index (χ0v) is 15.2. The van der Waals surface area contributed by atoms with E-state index in [4.69, 9.17) is 4.74 Å². The van der Waals surface area contributed by atoms with E-state index in [0.717, 1.165) is 30.6 Å². The van der Waals surface area contributed by atoms with Gasteiger partial charge in [-0.3, -0.25) is 14.5 Å². The highest BCUT2D eigenvalue weighted by molar-refractivity contribution is 5.85. The number of ether oxygens (including phenoxy) is 1. The molecule has 0 aromatic heterocycles. The highest BCUT2D eigenvalue weighted by Crippen LogP contribution is 2.29. The van der Waals surface area contributed by atoms with Gasteiger partial charge < -0.3 is 14.7 Å². The van der Waals surface area contributed by atoms with E-state index in [1.54, 1.807) is 12.0 Å². The average Bonchev–Trinajstić information content (AvgIpc) is 3.31. The Morgan fingerprint density at radius 2 is 1.92 bits per heavy atom. The van der Waals surface area contributed by atoms with Crippen LogP contribution in [0.5, 0.6) is 5.75 Å². The van der Waals surface area contributed by atoms with Crippen LogP contribution in [0.25, 0.3) is 0 Å². The zero-order valence-electron chi connectivity index (χ0n) is 14.4. The minimum atomic E-state index is -0.826. The number of carbonyl (C=O) groups excluding carboxylic acids is 1. The molecule has 1 aliphatic carbocycles. The lowest BCUT2D eigenvalue weighted by molar-refractivity contribution is -0.143. The molecule has 1 saturated carbocycles. The molecule has 1 aromatic carbocycles. The number of halogens is 1. The van der Waals surface area contributed by atoms with E-state index in [1.807, 2.05) is 29.2 Å². The lowest BCUT2D eigenvalue weighted by Gasteiger charge is -2.27. The predicted octanol–water partition coefficient (Wildman–Crippen LogP) is 2.16. The van der Waals surface area contributed by atoms with Gasteiger partial charge in [-0.15, -0.1) is 12.4 Å². The smallest absolute Gasteiger partial charge is 0.320 e. The van der Waals surface area contributed by atoms with Gasteiger partial charge in [0.1, 0.15) is 11.8 Å². The number of benzene rings is 1. The molecule has 25 heavy (non-hydrogen) atoms. The van der Waals surface area contributed by atoms with Gasteiger partial charge in [0.2, 0.25) is 5.91 Å². The van der Waals surface area contributed by atoms with Gasteiger partial charge in [0.25, 0.3) is 0 Å². The van der Waals surface area contributed by atoms with E-state index >= 15 is 0 Å². The van der Waals surface area contributed by atoms with Crippen LogP contribution in [-0.2, 0) is 16.1 Å². The molecule has 1 unspecified atom stereocenters. The largest absolute Gasteiger partial charge is 0.497 e. The van der Waals surface area contributed by atoms with E-state index in [2.05, 4.69) is 0 Å². The van der Waals surface area contributed by atoms with Gasteiger partial charge in [0.15, 0.2) is 0 Å². The van der Waals surface area contributed by atoms with Crippen molar-refractivity contribution in [3.8, 4) is 5.75 Å². The normalized spacial score (nSPS) is 20.0. The summed E-state index contributed by atoms with van der Waals surface area (Å²) in [6.45, 7) is 1.45. The second-order valence-electron chi connectivity index (χ2n) is 6.57. The van der Waals surface area contributed by atoms with Crippen molar-refractivity contribution in [2.45, 2.75) is 44.3 Å². The van der Waals surface area contributed by atoms with Crippen molar-refractivity contribution >= 4 is 24.3 Å². The minimum absolute atomic E-state index is 0. The number of carbonyl (C=O) groups is 2. The van der Waals surface area contributed by atoms with Crippen molar-refractivity contribution in [3.63, 3.8) is 0 Å². The molecule has 0 bridgehead atoms. The molecular formula is C18H25ClN2O4. The number of aliphatic carboxylic acids is 1. The molecule has 1 saturated heterocycles. The van der Waals surface area contributed by atoms with E-state index < -0.39 is 12.0 Å². The van der Waals surface area contributed by atoms with E-state index in [-0.39, 0.29) is 24.9 Å². The predicted molar refractivity (Wildman–Crippen MR) is 96.0 cm³/mol. The number of carboxylic acid groups (broad SMARTS) is 1. The molecule has 2 aliphatic rings. The van der Waals surface area contributed by atoms with Crippen LogP contribution < -0.4 is 4.74 Å². The van der Waals surface area contributed by atoms with Crippen LogP contribution >= 0.6 is 12.4 Å². The monoisotopic (exact) mass is 368 g/mol. The summed E-state index contributed by atoms with van der Waals surface area (Å²) in [5.41, 5.74) is 1.06. The molecule has 0 radical (unpaired) electrons. The Kier molecular flexibility index (Phi) is 6.67. The number of carboxylic acids is 1. The van der Waals surface area contributed by atoms with Gasteiger partial charge in [0, 0.05) is 12.6 Å². The highest BCUT2D eigenvalue weighted by atomic mass is 35.5. The Labute approximate surface area is 154 Å². The van der Waals surface area contributed by atoms with Crippen LogP contribution in [0.2, 0.25) is 0 Å². The number of nitrogens with zero attached hydrogens (tertiary/aromatic N) is 2. The quantitative estimate of drug-likeness (QED) is 0.798. The number of hydrogen-bond acceptors (Lipinski definition) is 4. The summed E-state index contributed by atoms with van der Waals surface area (Å²) in [5, 5.41) is 9.26. The number of amides is 1. The summed E-state index contributed by atoms with van der Waals surface area (Å²) >= 11 is 0. The molecular weight excluding hydrogens is 344 g/mol. The zero-order chi connectivity index (χ0) is 17.1. The summed E-state index contributed by atoms with van der Waals surface area (Å²) in [5.74, 6) is -0.000639. The molecule has 6 nitrogen and oxygen atoms in total. The Morgan fingerprint density at radius 1 is 1.24 bits per heavy atom. The van der Waals surface area contributed by atoms with Crippen molar-refractivity contribution in [1.29, 1.82) is 0 Å². The third-order valence-electron chi connectivity index (χ3n) is 4.81. The van der Waals surface area contributed by atoms with Crippen molar-refractivity contribution < 1.29 is 19.4 Å². The third-order valence-corrected chi connectivity index (χ3v) is 4.81. The Morgan fingerprint density at radius 3 is 2.48 bits per heavy atom. The fourth-order valence-electron chi connectivity index (χ4n) is 3.29. The second kappa shape index (κ2) is 8.54. The maximum Gasteiger partial charge on any atom is 0.320 e. The summed E-state index contributed by atoms with van der Waals surface area (Å²) in [4.78, 5) is 27.7. The molecule has 2 fully saturated rings. The van der Waals surface area contributed by atoms with Gasteiger partial charge in [-0.1, -0.05) is 12.1 Å². The van der Waals surface area contributed by atoms with Crippen LogP contribution in [0.15, 0.2) is 24.3 Å². The fourth-order valence-corrected chi connectivity index (χ4v) is 3.29. The van der Waals surface area contributed by atoms with E-state index in [9.17, 15) is 14.7 Å². The van der Waals surface area contributed by atoms with Crippen LogP contribution in [-0.4, -0.2) is 59.1 Å². The molecule has 0 spiro atoms. The maximum atomic E-state index is 12.7. The number of methoxy groups -OCH3 is 1. The lowest BCUT2D eigenvalue weighted by atomic mass is 10.2. The summed E-state index contributed by atoms with van der Waals surface area (Å²) in [6.07, 6.45) is 3.53. The van der Waals surface area contributed by atoms with Gasteiger partial charge in [-0.2, -0.15) is 0 Å². The molecule has 1 aliphatic heterocycles. The van der Waals surface area contributed by atoms with Gasteiger partial charge in [-0.25, -0.2) is 0 Å². The summed E-state index contributed by atoms with van der Waals surface area (Å²) in [6, 6.07) is 7.51. The molecule has 138 valence electrons. The first-order chi connectivity index (χ1) is 11.6. The molecule has 1 aromatic rings. The molecule has 1 atom stereocenters. The first kappa shape index (κ1) is 19.5. The Bertz CT molecular complexity index is 604. The van der Waals surface area contributed by atoms with Crippen molar-refractivity contribution in [1.82, 2.24) is 9.80 Å². The first-order valence-electron chi connectivity index (χ1n) is 8.47. The van der Waals surface area contributed by atoms with Crippen LogP contribution in [0.4, 0.5) is 0 Å². The lowest BCUT2D eigenvalue weighted by Crippen LogP contribution is -2.45. The van der Waals surface area contributed by atoms with Crippen molar-refractivity contribution in [2.24, 2.45) is 0 Å². The van der Waals surface area contributed by atoms with Gasteiger partial charge in [-0.05, 0) is 49.9 Å². The standard InChI is InChI=1S/C18H24N2O4.ClH/c1-24-15-8-4-13(5-9-15)11-20(14-6-7-14)17(21)12-19-10-2-3-16(19)18(22)23;/h4-5,8-9,14,16H,2-3,6-7,10-12H2,1H3,(H,22,23);1H. The second-order valence-corrected chi connectivity index (χ2v) is 6.57. The molecule has 7 heteroatoms. The minimum Gasteiger partial charge on any atom is -0.497 e. The Balaban J connectivity index is 0.00000225. The van der Waals surface area contributed by atoms with Gasteiger partial charge >= 0.3 is 5.97 Å². The average molecular weight is 369 g/mol. The number of likely N-dealkylation sites (tertiary alicyclic amines) is 1. The highest BCUT2D eigenvalue weighted by Gasteiger charge is 2.36. The van der Waals surface area contributed by atoms with E-state index in [1.165, 1.54) is 0 Å². The van der Waals surface area contributed by atoms with Crippen molar-refractivity contribution in [2.75, 3.05) is 20.2 Å². The van der Waals surface area contributed by atoms with Crippen LogP contribution in [0, 0.1) is 0 Å². The molecule has 3 rings (SSSR count). The number of rotatable bonds is 7. The third kappa shape index (κ3) is 4.86. The van der Waals surface area contributed by atoms with Crippen molar-refractivity contribution in [3.05, 3.63) is 29.8 Å². The van der Waals surface area contributed by atoms with Crippen LogP contribution in [0.3, 0.4) is 0 Å². The van der Waals surface area contributed by atoms with Crippen LogP contribution in [0.1, 0.15) is 31.2 Å². The molecule has 1 N–H and O–H groups in total. The number of hydrogen-bond donors (Lipinski definition) is 1. The summed E-state index contributed by atoms with van der Waals surface area (Å²) in [7, 11) is 1.63. The van der Waals surface area contributed by atoms with Gasteiger partial charge in [0.05, 0.1) is 13.7 Å². The topological polar surface area (TPSA) is 70.1 Å². The van der Waals surface area contributed by atoms with E-state index in [0.29, 0.717) is 25.6 Å². The Hall–Kier alpha value is -1.79. The summed E-state index contributed by atoms with van der Waals surface area (Å²) < 4.78 is 5.16. The molecule has 1 heterocycles. The molecule has 1 amide bonds. The first-order valence-corrected chi connectivity index (χ1v) is 8.47. The maximum absolute atomic E-state index is 12.7. The fraction of sp³-hybridized carbons (Fsp3) is 0.556. The SMILES string of the molecule is COc1ccc(CN(C(=O)CN2CCCC2C(=O)O)C2CC2)cc1.Cl.